The van der Waals surface area contributed by atoms with E-state index in [0.29, 0.717) is 18.7 Å². The van der Waals surface area contributed by atoms with E-state index in [2.05, 4.69) is 0 Å². The first-order chi connectivity index (χ1) is 7.39. The second kappa shape index (κ2) is 3.79. The van der Waals surface area contributed by atoms with E-state index in [4.69, 9.17) is 0 Å². The van der Waals surface area contributed by atoms with Crippen LogP contribution in [-0.4, -0.2) is 29.2 Å². The normalized spacial score (nSPS) is 18.6. The molecule has 0 aliphatic carbocycles. The second-order valence-corrected chi connectivity index (χ2v) is 4.78. The van der Waals surface area contributed by atoms with Crippen LogP contribution in [0, 0.1) is 11.6 Å². The minimum Gasteiger partial charge on any atom is -0.390 e. The molecule has 1 aromatic carbocycles. The SMILES string of the molecule is CC(C)(c1cc(F)cc(F)c1)N1CC(O)C1. The van der Waals surface area contributed by atoms with Gasteiger partial charge in [0.1, 0.15) is 11.6 Å². The lowest BCUT2D eigenvalue weighted by Crippen LogP contribution is -2.58. The highest BCUT2D eigenvalue weighted by Gasteiger charge is 2.37. The molecule has 0 saturated carbocycles. The van der Waals surface area contributed by atoms with Gasteiger partial charge in [0.25, 0.3) is 0 Å². The Morgan fingerprint density at radius 1 is 1.19 bits per heavy atom. The Labute approximate surface area is 93.5 Å². The summed E-state index contributed by atoms with van der Waals surface area (Å²) in [5, 5.41) is 9.25. The quantitative estimate of drug-likeness (QED) is 0.833. The van der Waals surface area contributed by atoms with Crippen molar-refractivity contribution in [2.45, 2.75) is 25.5 Å². The lowest BCUT2D eigenvalue weighted by atomic mass is 9.88. The molecule has 4 heteroatoms. The largest absolute Gasteiger partial charge is 0.390 e. The van der Waals surface area contributed by atoms with Gasteiger partial charge < -0.3 is 5.11 Å². The Morgan fingerprint density at radius 2 is 1.69 bits per heavy atom. The van der Waals surface area contributed by atoms with Crippen LogP contribution >= 0.6 is 0 Å². The van der Waals surface area contributed by atoms with E-state index < -0.39 is 17.2 Å². The van der Waals surface area contributed by atoms with Gasteiger partial charge >= 0.3 is 0 Å². The van der Waals surface area contributed by atoms with Crippen LogP contribution in [0.15, 0.2) is 18.2 Å². The molecule has 16 heavy (non-hydrogen) atoms. The number of rotatable bonds is 2. The number of β-amino-alcohol motifs (C(OH)–C–C–N with tert-alkyl or cyclic N) is 1. The minimum absolute atomic E-state index is 0.322. The second-order valence-electron chi connectivity index (χ2n) is 4.78. The molecule has 0 unspecified atom stereocenters. The molecular weight excluding hydrogens is 212 g/mol. The summed E-state index contributed by atoms with van der Waals surface area (Å²) >= 11 is 0. The van der Waals surface area contributed by atoms with E-state index in [-0.39, 0.29) is 6.10 Å². The molecular formula is C12H15F2NO. The molecule has 0 bridgehead atoms. The Balaban J connectivity index is 2.28. The van der Waals surface area contributed by atoms with Crippen LogP contribution in [0.5, 0.6) is 0 Å². The molecule has 0 aromatic heterocycles. The number of aliphatic hydroxyl groups is 1. The van der Waals surface area contributed by atoms with Crippen LogP contribution in [0.25, 0.3) is 0 Å². The van der Waals surface area contributed by atoms with Gasteiger partial charge in [-0.1, -0.05) is 0 Å². The minimum atomic E-state index is -0.566. The van der Waals surface area contributed by atoms with Crippen molar-refractivity contribution in [2.75, 3.05) is 13.1 Å². The standard InChI is InChI=1S/C12H15F2NO/c1-12(2,15-6-11(16)7-15)8-3-9(13)5-10(14)4-8/h3-5,11,16H,6-7H2,1-2H3. The molecule has 2 nitrogen and oxygen atoms in total. The zero-order chi connectivity index (χ0) is 11.9. The number of hydrogen-bond donors (Lipinski definition) is 1. The number of hydrogen-bond acceptors (Lipinski definition) is 2. The highest BCUT2D eigenvalue weighted by atomic mass is 19.1. The first-order valence-electron chi connectivity index (χ1n) is 5.29. The van der Waals surface area contributed by atoms with Gasteiger partial charge in [0, 0.05) is 24.7 Å². The summed E-state index contributed by atoms with van der Waals surface area (Å²) in [6.45, 7) is 4.89. The van der Waals surface area contributed by atoms with Crippen LogP contribution in [-0.2, 0) is 5.54 Å². The molecule has 0 spiro atoms. The van der Waals surface area contributed by atoms with Crippen molar-refractivity contribution in [3.63, 3.8) is 0 Å². The van der Waals surface area contributed by atoms with Crippen molar-refractivity contribution in [2.24, 2.45) is 0 Å². The van der Waals surface area contributed by atoms with Crippen LogP contribution < -0.4 is 0 Å². The number of benzene rings is 1. The highest BCUT2D eigenvalue weighted by molar-refractivity contribution is 5.25. The molecule has 2 rings (SSSR count). The zero-order valence-corrected chi connectivity index (χ0v) is 9.37. The first kappa shape index (κ1) is 11.5. The molecule has 1 fully saturated rings. The van der Waals surface area contributed by atoms with Gasteiger partial charge in [-0.15, -0.1) is 0 Å². The van der Waals surface area contributed by atoms with E-state index in [9.17, 15) is 13.9 Å². The van der Waals surface area contributed by atoms with E-state index >= 15 is 0 Å². The third-order valence-corrected chi connectivity index (χ3v) is 3.22. The van der Waals surface area contributed by atoms with Crippen LogP contribution in [0.2, 0.25) is 0 Å². The van der Waals surface area contributed by atoms with Crippen LogP contribution in [0.4, 0.5) is 8.78 Å². The number of nitrogens with zero attached hydrogens (tertiary/aromatic N) is 1. The van der Waals surface area contributed by atoms with Gasteiger partial charge in [-0.2, -0.15) is 0 Å². The molecule has 1 saturated heterocycles. The van der Waals surface area contributed by atoms with E-state index in [1.165, 1.54) is 12.1 Å². The summed E-state index contributed by atoms with van der Waals surface area (Å²) in [5.74, 6) is -1.13. The van der Waals surface area contributed by atoms with Gasteiger partial charge in [-0.05, 0) is 31.5 Å². The van der Waals surface area contributed by atoms with E-state index in [0.717, 1.165) is 6.07 Å². The van der Waals surface area contributed by atoms with Crippen LogP contribution in [0.3, 0.4) is 0 Å². The van der Waals surface area contributed by atoms with Gasteiger partial charge in [-0.3, -0.25) is 4.90 Å². The van der Waals surface area contributed by atoms with Crippen molar-refractivity contribution in [1.82, 2.24) is 4.90 Å². The third-order valence-electron chi connectivity index (χ3n) is 3.22. The molecule has 1 aliphatic heterocycles. The number of halogens is 2. The third kappa shape index (κ3) is 1.95. The molecule has 1 aliphatic rings. The van der Waals surface area contributed by atoms with Crippen molar-refractivity contribution < 1.29 is 13.9 Å². The Kier molecular flexibility index (Phi) is 2.72. The fraction of sp³-hybridized carbons (Fsp3) is 0.500. The Morgan fingerprint density at radius 3 is 2.12 bits per heavy atom. The predicted molar refractivity (Wildman–Crippen MR) is 57.0 cm³/mol. The Hall–Kier alpha value is -1.00. The number of aliphatic hydroxyl groups excluding tert-OH is 1. The maximum atomic E-state index is 13.1. The average Bonchev–Trinajstić information content (AvgIpc) is 2.11. The summed E-state index contributed by atoms with van der Waals surface area (Å²) in [6.07, 6.45) is -0.322. The monoisotopic (exact) mass is 227 g/mol. The number of likely N-dealkylation sites (tertiary alicyclic amines) is 1. The summed E-state index contributed by atoms with van der Waals surface area (Å²) in [6, 6.07) is 3.55. The summed E-state index contributed by atoms with van der Waals surface area (Å²) < 4.78 is 26.2. The van der Waals surface area contributed by atoms with E-state index in [1.807, 2.05) is 18.7 Å². The van der Waals surface area contributed by atoms with Gasteiger partial charge in [0.15, 0.2) is 0 Å². The van der Waals surface area contributed by atoms with Gasteiger partial charge in [0.2, 0.25) is 0 Å². The van der Waals surface area contributed by atoms with Crippen molar-refractivity contribution in [3.05, 3.63) is 35.4 Å². The highest BCUT2D eigenvalue weighted by Crippen LogP contribution is 2.32. The lowest BCUT2D eigenvalue weighted by molar-refractivity contribution is -0.0576. The van der Waals surface area contributed by atoms with Crippen molar-refractivity contribution in [3.8, 4) is 0 Å². The maximum Gasteiger partial charge on any atom is 0.126 e. The summed E-state index contributed by atoms with van der Waals surface area (Å²) in [5.41, 5.74) is 0.138. The molecule has 0 amide bonds. The first-order valence-corrected chi connectivity index (χ1v) is 5.29. The fourth-order valence-corrected chi connectivity index (χ4v) is 2.00. The molecule has 1 aromatic rings. The molecule has 1 heterocycles. The lowest BCUT2D eigenvalue weighted by Gasteiger charge is -2.47. The van der Waals surface area contributed by atoms with Crippen molar-refractivity contribution in [1.29, 1.82) is 0 Å². The van der Waals surface area contributed by atoms with Gasteiger partial charge in [0.05, 0.1) is 6.10 Å². The average molecular weight is 227 g/mol. The van der Waals surface area contributed by atoms with Crippen molar-refractivity contribution >= 4 is 0 Å². The van der Waals surface area contributed by atoms with Gasteiger partial charge in [-0.25, -0.2) is 8.78 Å². The molecule has 88 valence electrons. The Bertz CT molecular complexity index is 380. The summed E-state index contributed by atoms with van der Waals surface area (Å²) in [7, 11) is 0. The molecule has 0 atom stereocenters. The maximum absolute atomic E-state index is 13.1. The summed E-state index contributed by atoms with van der Waals surface area (Å²) in [4.78, 5) is 1.99. The smallest absolute Gasteiger partial charge is 0.126 e. The van der Waals surface area contributed by atoms with E-state index in [1.54, 1.807) is 0 Å². The van der Waals surface area contributed by atoms with Crippen LogP contribution in [0.1, 0.15) is 19.4 Å². The predicted octanol–water partition coefficient (Wildman–Crippen LogP) is 1.88. The molecule has 0 radical (unpaired) electrons. The zero-order valence-electron chi connectivity index (χ0n) is 9.37. The topological polar surface area (TPSA) is 23.5 Å². The molecule has 1 N–H and O–H groups in total. The fourth-order valence-electron chi connectivity index (χ4n) is 2.00.